The first kappa shape index (κ1) is 18.0. The molecule has 0 radical (unpaired) electrons. The number of aryl methyl sites for hydroxylation is 3. The number of furan rings is 1. The van der Waals surface area contributed by atoms with E-state index in [2.05, 4.69) is 74.3 Å². The Morgan fingerprint density at radius 2 is 1.32 bits per heavy atom. The fourth-order valence-corrected chi connectivity index (χ4v) is 4.48. The van der Waals surface area contributed by atoms with Gasteiger partial charge in [-0.2, -0.15) is 0 Å². The summed E-state index contributed by atoms with van der Waals surface area (Å²) < 4.78 is 12.3. The van der Waals surface area contributed by atoms with Crippen molar-refractivity contribution in [3.05, 3.63) is 89.5 Å². The smallest absolute Gasteiger partial charge is 0.227 e. The largest absolute Gasteiger partial charge is 0.455 e. The Bertz CT molecular complexity index is 1570. The van der Waals surface area contributed by atoms with Gasteiger partial charge in [0.25, 0.3) is 0 Å². The predicted molar refractivity (Wildman–Crippen MR) is 126 cm³/mol. The summed E-state index contributed by atoms with van der Waals surface area (Å²) in [7, 11) is 0. The van der Waals surface area contributed by atoms with Gasteiger partial charge in [0.1, 0.15) is 16.7 Å². The highest BCUT2D eigenvalue weighted by atomic mass is 16.3. The first-order valence-corrected chi connectivity index (χ1v) is 10.5. The van der Waals surface area contributed by atoms with Gasteiger partial charge in [-0.15, -0.1) is 0 Å². The lowest BCUT2D eigenvalue weighted by Gasteiger charge is -2.06. The molecule has 0 fully saturated rings. The summed E-state index contributed by atoms with van der Waals surface area (Å²) in [6.07, 6.45) is 0. The number of oxazole rings is 1. The van der Waals surface area contributed by atoms with Gasteiger partial charge >= 0.3 is 0 Å². The van der Waals surface area contributed by atoms with Crippen molar-refractivity contribution in [2.24, 2.45) is 0 Å². The molecule has 6 rings (SSSR count). The maximum Gasteiger partial charge on any atom is 0.227 e. The number of aromatic nitrogens is 1. The second-order valence-electron chi connectivity index (χ2n) is 8.31. The second-order valence-corrected chi connectivity index (χ2v) is 8.31. The summed E-state index contributed by atoms with van der Waals surface area (Å²) in [5, 5.41) is 2.35. The Morgan fingerprint density at radius 1 is 0.645 bits per heavy atom. The number of para-hydroxylation sites is 2. The molecule has 0 aliphatic carbocycles. The third kappa shape index (κ3) is 2.85. The van der Waals surface area contributed by atoms with Crippen molar-refractivity contribution in [1.82, 2.24) is 4.98 Å². The number of hydrogen-bond acceptors (Lipinski definition) is 3. The first-order chi connectivity index (χ1) is 15.1. The number of benzene rings is 4. The average molecular weight is 403 g/mol. The molecule has 0 atom stereocenters. The van der Waals surface area contributed by atoms with E-state index in [1.165, 1.54) is 27.5 Å². The van der Waals surface area contributed by atoms with Crippen molar-refractivity contribution in [3.63, 3.8) is 0 Å². The molecule has 0 aliphatic heterocycles. The molecule has 0 unspecified atom stereocenters. The summed E-state index contributed by atoms with van der Waals surface area (Å²) in [6.45, 7) is 6.38. The van der Waals surface area contributed by atoms with Crippen LogP contribution in [0.3, 0.4) is 0 Å². The van der Waals surface area contributed by atoms with E-state index >= 15 is 0 Å². The molecule has 0 aliphatic rings. The van der Waals surface area contributed by atoms with Crippen LogP contribution < -0.4 is 0 Å². The van der Waals surface area contributed by atoms with Crippen LogP contribution in [0.2, 0.25) is 0 Å². The number of fused-ring (bicyclic) bond motifs is 4. The molecule has 31 heavy (non-hydrogen) atoms. The SMILES string of the molecule is Cc1cc(C)c2oc3c(-c4ccc(-c5nc6ccccc6o5)cc4)cc(C)cc3c2c1. The number of hydrogen-bond donors (Lipinski definition) is 0. The Labute approximate surface area is 179 Å². The van der Waals surface area contributed by atoms with Gasteiger partial charge in [-0.05, 0) is 85.5 Å². The number of rotatable bonds is 2. The lowest BCUT2D eigenvalue weighted by atomic mass is 9.98. The van der Waals surface area contributed by atoms with Gasteiger partial charge in [-0.25, -0.2) is 4.98 Å². The van der Waals surface area contributed by atoms with Crippen LogP contribution in [0.15, 0.2) is 81.6 Å². The van der Waals surface area contributed by atoms with E-state index in [9.17, 15) is 0 Å². The molecule has 0 saturated heterocycles. The molecule has 0 N–H and O–H groups in total. The second kappa shape index (κ2) is 6.58. The maximum absolute atomic E-state index is 6.40. The third-order valence-corrected chi connectivity index (χ3v) is 5.88. The van der Waals surface area contributed by atoms with Crippen molar-refractivity contribution >= 4 is 33.0 Å². The molecule has 2 heterocycles. The third-order valence-electron chi connectivity index (χ3n) is 5.88. The summed E-state index contributed by atoms with van der Waals surface area (Å²) in [6, 6.07) is 25.0. The van der Waals surface area contributed by atoms with Crippen LogP contribution >= 0.6 is 0 Å². The van der Waals surface area contributed by atoms with E-state index in [1.54, 1.807) is 0 Å². The summed E-state index contributed by atoms with van der Waals surface area (Å²) >= 11 is 0. The van der Waals surface area contributed by atoms with Crippen molar-refractivity contribution in [1.29, 1.82) is 0 Å². The highest BCUT2D eigenvalue weighted by Gasteiger charge is 2.16. The normalized spacial score (nSPS) is 11.7. The highest BCUT2D eigenvalue weighted by Crippen LogP contribution is 2.39. The van der Waals surface area contributed by atoms with Crippen molar-refractivity contribution in [3.8, 4) is 22.6 Å². The molecule has 6 aromatic rings. The van der Waals surface area contributed by atoms with Crippen LogP contribution in [0.25, 0.3) is 55.6 Å². The Hall–Kier alpha value is -3.85. The first-order valence-electron chi connectivity index (χ1n) is 10.5. The molecule has 150 valence electrons. The monoisotopic (exact) mass is 403 g/mol. The van der Waals surface area contributed by atoms with E-state index < -0.39 is 0 Å². The lowest BCUT2D eigenvalue weighted by Crippen LogP contribution is -1.83. The van der Waals surface area contributed by atoms with Gasteiger partial charge in [-0.1, -0.05) is 30.3 Å². The molecule has 0 bridgehead atoms. The van der Waals surface area contributed by atoms with Gasteiger partial charge < -0.3 is 8.83 Å². The lowest BCUT2D eigenvalue weighted by molar-refractivity contribution is 0.620. The Balaban J connectivity index is 1.51. The van der Waals surface area contributed by atoms with Gasteiger partial charge in [0.2, 0.25) is 5.89 Å². The van der Waals surface area contributed by atoms with Gasteiger partial charge in [0, 0.05) is 21.9 Å². The van der Waals surface area contributed by atoms with Crippen molar-refractivity contribution < 1.29 is 8.83 Å². The Morgan fingerprint density at radius 3 is 2.10 bits per heavy atom. The van der Waals surface area contributed by atoms with Crippen LogP contribution in [0.4, 0.5) is 0 Å². The van der Waals surface area contributed by atoms with E-state index in [4.69, 9.17) is 8.83 Å². The minimum absolute atomic E-state index is 0.636. The fourth-order valence-electron chi connectivity index (χ4n) is 4.48. The molecular weight excluding hydrogens is 382 g/mol. The average Bonchev–Trinajstić information content (AvgIpc) is 3.35. The van der Waals surface area contributed by atoms with Gasteiger partial charge in [0.15, 0.2) is 5.58 Å². The fraction of sp³-hybridized carbons (Fsp3) is 0.107. The molecule has 3 heteroatoms. The standard InChI is InChI=1S/C28H21NO2/c1-16-12-18(3)26-22(14-16)23-15-17(2)13-21(27(23)31-26)19-8-10-20(11-9-19)28-29-24-6-4-5-7-25(24)30-28/h4-15H,1-3H3. The minimum Gasteiger partial charge on any atom is -0.455 e. The summed E-state index contributed by atoms with van der Waals surface area (Å²) in [5.41, 5.74) is 10.4. The maximum atomic E-state index is 6.40. The van der Waals surface area contributed by atoms with Gasteiger partial charge in [0.05, 0.1) is 0 Å². The van der Waals surface area contributed by atoms with E-state index in [1.807, 2.05) is 24.3 Å². The van der Waals surface area contributed by atoms with E-state index in [0.29, 0.717) is 5.89 Å². The minimum atomic E-state index is 0.636. The summed E-state index contributed by atoms with van der Waals surface area (Å²) in [5.74, 6) is 0.636. The molecular formula is C28H21NO2. The topological polar surface area (TPSA) is 39.2 Å². The zero-order chi connectivity index (χ0) is 21.1. The molecule has 0 saturated carbocycles. The van der Waals surface area contributed by atoms with E-state index in [0.717, 1.165) is 39.0 Å². The van der Waals surface area contributed by atoms with Crippen LogP contribution in [-0.2, 0) is 0 Å². The van der Waals surface area contributed by atoms with E-state index in [-0.39, 0.29) is 0 Å². The summed E-state index contributed by atoms with van der Waals surface area (Å²) in [4.78, 5) is 4.61. The van der Waals surface area contributed by atoms with Gasteiger partial charge in [-0.3, -0.25) is 0 Å². The molecule has 2 aromatic heterocycles. The van der Waals surface area contributed by atoms with Crippen molar-refractivity contribution in [2.45, 2.75) is 20.8 Å². The van der Waals surface area contributed by atoms with Crippen LogP contribution in [-0.4, -0.2) is 4.98 Å². The van der Waals surface area contributed by atoms with Crippen LogP contribution in [0, 0.1) is 20.8 Å². The van der Waals surface area contributed by atoms with Crippen LogP contribution in [0.5, 0.6) is 0 Å². The highest BCUT2D eigenvalue weighted by molar-refractivity contribution is 6.10. The van der Waals surface area contributed by atoms with Crippen molar-refractivity contribution in [2.75, 3.05) is 0 Å². The molecule has 0 amide bonds. The molecule has 4 aromatic carbocycles. The predicted octanol–water partition coefficient (Wildman–Crippen LogP) is 7.99. The zero-order valence-electron chi connectivity index (χ0n) is 17.7. The zero-order valence-corrected chi connectivity index (χ0v) is 17.7. The number of nitrogens with zero attached hydrogens (tertiary/aromatic N) is 1. The van der Waals surface area contributed by atoms with Crippen LogP contribution in [0.1, 0.15) is 16.7 Å². The Kier molecular flexibility index (Phi) is 3.81. The molecule has 3 nitrogen and oxygen atoms in total. The quantitative estimate of drug-likeness (QED) is 0.294. The molecule has 0 spiro atoms.